The highest BCUT2D eigenvalue weighted by atomic mass is 16.5. The molecule has 0 radical (unpaired) electrons. The standard InChI is InChI=1S/C15H23NO3/c1-4-5-6-7-8-12(3)19-14-13(15(17)18)10-9-11(2)16-14/h9-10,12H,4-8H2,1-3H3,(H,17,18). The summed E-state index contributed by atoms with van der Waals surface area (Å²) in [7, 11) is 0. The molecule has 0 saturated carbocycles. The zero-order valence-corrected chi connectivity index (χ0v) is 12.0. The molecule has 0 amide bonds. The number of aryl methyl sites for hydroxylation is 1. The zero-order valence-electron chi connectivity index (χ0n) is 12.0. The van der Waals surface area contributed by atoms with Gasteiger partial charge in [0.1, 0.15) is 5.56 Å². The summed E-state index contributed by atoms with van der Waals surface area (Å²) in [6.07, 6.45) is 5.65. The molecule has 1 heterocycles. The van der Waals surface area contributed by atoms with Gasteiger partial charge in [-0.1, -0.05) is 26.2 Å². The molecule has 106 valence electrons. The van der Waals surface area contributed by atoms with Crippen LogP contribution in [0.25, 0.3) is 0 Å². The predicted molar refractivity (Wildman–Crippen MR) is 74.8 cm³/mol. The second-order valence-corrected chi connectivity index (χ2v) is 4.89. The van der Waals surface area contributed by atoms with Crippen LogP contribution in [0, 0.1) is 6.92 Å². The number of pyridine rings is 1. The normalized spacial score (nSPS) is 12.2. The number of unbranched alkanes of at least 4 members (excludes halogenated alkanes) is 3. The summed E-state index contributed by atoms with van der Waals surface area (Å²) in [6.45, 7) is 5.96. The molecular weight excluding hydrogens is 242 g/mol. The van der Waals surface area contributed by atoms with Gasteiger partial charge in [-0.25, -0.2) is 9.78 Å². The van der Waals surface area contributed by atoms with Gasteiger partial charge in [0.05, 0.1) is 6.10 Å². The number of nitrogens with zero attached hydrogens (tertiary/aromatic N) is 1. The maximum Gasteiger partial charge on any atom is 0.341 e. The highest BCUT2D eigenvalue weighted by Crippen LogP contribution is 2.19. The Hall–Kier alpha value is -1.58. The molecule has 1 unspecified atom stereocenters. The van der Waals surface area contributed by atoms with Gasteiger partial charge in [0, 0.05) is 5.69 Å². The fourth-order valence-corrected chi connectivity index (χ4v) is 1.89. The Balaban J connectivity index is 2.60. The van der Waals surface area contributed by atoms with Crippen LogP contribution in [0.15, 0.2) is 12.1 Å². The lowest BCUT2D eigenvalue weighted by Gasteiger charge is -2.15. The van der Waals surface area contributed by atoms with Gasteiger partial charge in [-0.15, -0.1) is 0 Å². The van der Waals surface area contributed by atoms with E-state index in [0.29, 0.717) is 0 Å². The van der Waals surface area contributed by atoms with Crippen LogP contribution in [0.4, 0.5) is 0 Å². The van der Waals surface area contributed by atoms with Crippen molar-refractivity contribution in [3.63, 3.8) is 0 Å². The molecule has 0 saturated heterocycles. The third-order valence-corrected chi connectivity index (χ3v) is 3.01. The molecule has 1 aromatic heterocycles. The molecule has 0 aliphatic heterocycles. The van der Waals surface area contributed by atoms with Crippen LogP contribution in [-0.4, -0.2) is 22.2 Å². The van der Waals surface area contributed by atoms with E-state index in [1.807, 2.05) is 13.8 Å². The van der Waals surface area contributed by atoms with Gasteiger partial charge in [0.25, 0.3) is 0 Å². The van der Waals surface area contributed by atoms with Crippen molar-refractivity contribution < 1.29 is 14.6 Å². The van der Waals surface area contributed by atoms with Crippen LogP contribution >= 0.6 is 0 Å². The Morgan fingerprint density at radius 1 is 1.37 bits per heavy atom. The highest BCUT2D eigenvalue weighted by molar-refractivity contribution is 5.90. The Labute approximate surface area is 114 Å². The van der Waals surface area contributed by atoms with Crippen molar-refractivity contribution in [1.82, 2.24) is 4.98 Å². The summed E-state index contributed by atoms with van der Waals surface area (Å²) < 4.78 is 5.68. The Morgan fingerprint density at radius 3 is 2.74 bits per heavy atom. The molecule has 19 heavy (non-hydrogen) atoms. The lowest BCUT2D eigenvalue weighted by atomic mass is 10.1. The lowest BCUT2D eigenvalue weighted by Crippen LogP contribution is -2.15. The summed E-state index contributed by atoms with van der Waals surface area (Å²) in [5.74, 6) is -0.767. The summed E-state index contributed by atoms with van der Waals surface area (Å²) in [5, 5.41) is 9.10. The number of rotatable bonds is 8. The van der Waals surface area contributed by atoms with Crippen molar-refractivity contribution >= 4 is 5.97 Å². The van der Waals surface area contributed by atoms with Crippen LogP contribution in [0.2, 0.25) is 0 Å². The molecule has 0 aromatic carbocycles. The summed E-state index contributed by atoms with van der Waals surface area (Å²) in [5.41, 5.74) is 0.893. The number of carbonyl (C=O) groups is 1. The molecule has 1 aromatic rings. The van der Waals surface area contributed by atoms with Crippen LogP contribution in [0.5, 0.6) is 5.88 Å². The molecule has 1 rings (SSSR count). The van der Waals surface area contributed by atoms with E-state index in [-0.39, 0.29) is 17.5 Å². The zero-order chi connectivity index (χ0) is 14.3. The van der Waals surface area contributed by atoms with Crippen molar-refractivity contribution in [2.45, 2.75) is 59.0 Å². The Bertz CT molecular complexity index is 418. The number of aromatic nitrogens is 1. The quantitative estimate of drug-likeness (QED) is 0.726. The molecule has 0 spiro atoms. The van der Waals surface area contributed by atoms with Gasteiger partial charge in [0.2, 0.25) is 5.88 Å². The average molecular weight is 265 g/mol. The molecule has 0 aliphatic carbocycles. The highest BCUT2D eigenvalue weighted by Gasteiger charge is 2.15. The number of ether oxygens (including phenoxy) is 1. The van der Waals surface area contributed by atoms with Gasteiger partial charge in [-0.3, -0.25) is 0 Å². The van der Waals surface area contributed by atoms with Crippen LogP contribution in [0.1, 0.15) is 62.0 Å². The largest absolute Gasteiger partial charge is 0.477 e. The van der Waals surface area contributed by atoms with Gasteiger partial charge in [-0.2, -0.15) is 0 Å². The first-order chi connectivity index (χ1) is 9.04. The molecule has 1 atom stereocenters. The van der Waals surface area contributed by atoms with E-state index >= 15 is 0 Å². The van der Waals surface area contributed by atoms with E-state index in [0.717, 1.165) is 18.5 Å². The van der Waals surface area contributed by atoms with Crippen molar-refractivity contribution in [2.24, 2.45) is 0 Å². The molecule has 4 heteroatoms. The molecule has 0 fully saturated rings. The maximum atomic E-state index is 11.1. The maximum absolute atomic E-state index is 11.1. The van der Waals surface area contributed by atoms with Crippen LogP contribution in [-0.2, 0) is 0 Å². The van der Waals surface area contributed by atoms with Crippen LogP contribution < -0.4 is 4.74 Å². The minimum Gasteiger partial charge on any atom is -0.477 e. The van der Waals surface area contributed by atoms with Crippen LogP contribution in [0.3, 0.4) is 0 Å². The predicted octanol–water partition coefficient (Wildman–Crippen LogP) is 3.83. The number of carboxylic acids is 1. The molecule has 4 nitrogen and oxygen atoms in total. The smallest absolute Gasteiger partial charge is 0.341 e. The topological polar surface area (TPSA) is 59.4 Å². The molecule has 1 N–H and O–H groups in total. The molecule has 0 aliphatic rings. The van der Waals surface area contributed by atoms with E-state index in [1.54, 1.807) is 12.1 Å². The van der Waals surface area contributed by atoms with Gasteiger partial charge >= 0.3 is 5.97 Å². The monoisotopic (exact) mass is 265 g/mol. The van der Waals surface area contributed by atoms with Crippen molar-refractivity contribution in [2.75, 3.05) is 0 Å². The fourth-order valence-electron chi connectivity index (χ4n) is 1.89. The number of hydrogen-bond acceptors (Lipinski definition) is 3. The third-order valence-electron chi connectivity index (χ3n) is 3.01. The minimum absolute atomic E-state index is 0.00995. The summed E-state index contributed by atoms with van der Waals surface area (Å²) in [4.78, 5) is 15.3. The average Bonchev–Trinajstić information content (AvgIpc) is 2.34. The Kier molecular flexibility index (Phi) is 6.33. The van der Waals surface area contributed by atoms with E-state index in [1.165, 1.54) is 19.3 Å². The first kappa shape index (κ1) is 15.5. The third kappa shape index (κ3) is 5.28. The number of aromatic carboxylic acids is 1. The summed E-state index contributed by atoms with van der Waals surface area (Å²) in [6, 6.07) is 3.23. The van der Waals surface area contributed by atoms with E-state index in [9.17, 15) is 4.79 Å². The first-order valence-electron chi connectivity index (χ1n) is 6.92. The number of hydrogen-bond donors (Lipinski definition) is 1. The second-order valence-electron chi connectivity index (χ2n) is 4.89. The van der Waals surface area contributed by atoms with Crippen molar-refractivity contribution in [3.8, 4) is 5.88 Å². The lowest BCUT2D eigenvalue weighted by molar-refractivity contribution is 0.0687. The van der Waals surface area contributed by atoms with E-state index in [4.69, 9.17) is 9.84 Å². The van der Waals surface area contributed by atoms with Crippen molar-refractivity contribution in [3.05, 3.63) is 23.4 Å². The fraction of sp³-hybridized carbons (Fsp3) is 0.600. The van der Waals surface area contributed by atoms with Gasteiger partial charge in [0.15, 0.2) is 0 Å². The van der Waals surface area contributed by atoms with Gasteiger partial charge in [-0.05, 0) is 38.8 Å². The van der Waals surface area contributed by atoms with E-state index in [2.05, 4.69) is 11.9 Å². The van der Waals surface area contributed by atoms with Gasteiger partial charge < -0.3 is 9.84 Å². The minimum atomic E-state index is -0.999. The summed E-state index contributed by atoms with van der Waals surface area (Å²) >= 11 is 0. The molecule has 0 bridgehead atoms. The SMILES string of the molecule is CCCCCCC(C)Oc1nc(C)ccc1C(=O)O. The van der Waals surface area contributed by atoms with E-state index < -0.39 is 5.97 Å². The number of carboxylic acid groups (broad SMARTS) is 1. The Morgan fingerprint density at radius 2 is 2.11 bits per heavy atom. The second kappa shape index (κ2) is 7.77. The molecular formula is C15H23NO3. The van der Waals surface area contributed by atoms with Crippen molar-refractivity contribution in [1.29, 1.82) is 0 Å². The first-order valence-corrected chi connectivity index (χ1v) is 6.92.